The first-order valence-corrected chi connectivity index (χ1v) is 8.79. The Balaban J connectivity index is 1.72. The predicted octanol–water partition coefficient (Wildman–Crippen LogP) is 2.51. The number of piperidine rings is 1. The summed E-state index contributed by atoms with van der Waals surface area (Å²) in [4.78, 5) is 14.3. The molecule has 1 amide bonds. The summed E-state index contributed by atoms with van der Waals surface area (Å²) in [5.74, 6) is 1.79. The Bertz CT molecular complexity index is 292. The number of amides is 1. The molecule has 0 aromatic rings. The molecule has 1 N–H and O–H groups in total. The van der Waals surface area contributed by atoms with Crippen molar-refractivity contribution in [3.8, 4) is 0 Å². The van der Waals surface area contributed by atoms with Gasteiger partial charge in [0.2, 0.25) is 5.91 Å². The fraction of sp³-hybridized carbons (Fsp3) is 0.933. The molecule has 0 bridgehead atoms. The summed E-state index contributed by atoms with van der Waals surface area (Å²) in [6.07, 6.45) is 7.43. The molecule has 0 aromatic carbocycles. The maximum absolute atomic E-state index is 12.3. The summed E-state index contributed by atoms with van der Waals surface area (Å²) in [6, 6.07) is 0.491. The van der Waals surface area contributed by atoms with Gasteiger partial charge in [0, 0.05) is 18.3 Å². The smallest absolute Gasteiger partial charge is 0.232 e. The van der Waals surface area contributed by atoms with Crippen molar-refractivity contribution in [1.29, 1.82) is 0 Å². The minimum absolute atomic E-state index is 0.336. The molecular formula is C15H28N2OS. The lowest BCUT2D eigenvalue weighted by Gasteiger charge is -2.34. The van der Waals surface area contributed by atoms with E-state index in [1.165, 1.54) is 38.5 Å². The first-order valence-electron chi connectivity index (χ1n) is 7.75. The van der Waals surface area contributed by atoms with Crippen molar-refractivity contribution in [3.63, 3.8) is 0 Å². The van der Waals surface area contributed by atoms with Gasteiger partial charge < -0.3 is 10.2 Å². The molecule has 2 unspecified atom stereocenters. The minimum atomic E-state index is 0.336. The second-order valence-electron chi connectivity index (χ2n) is 6.19. The summed E-state index contributed by atoms with van der Waals surface area (Å²) < 4.78 is 0. The van der Waals surface area contributed by atoms with E-state index in [1.54, 1.807) is 0 Å². The Labute approximate surface area is 121 Å². The summed E-state index contributed by atoms with van der Waals surface area (Å²) in [7, 11) is 2.01. The third-order valence-corrected chi connectivity index (χ3v) is 5.93. The summed E-state index contributed by atoms with van der Waals surface area (Å²) in [6.45, 7) is 4.54. The van der Waals surface area contributed by atoms with E-state index in [9.17, 15) is 4.79 Å². The molecule has 4 heteroatoms. The van der Waals surface area contributed by atoms with Gasteiger partial charge in [-0.15, -0.1) is 11.8 Å². The molecule has 1 saturated heterocycles. The van der Waals surface area contributed by atoms with Crippen molar-refractivity contribution in [2.24, 2.45) is 5.92 Å². The summed E-state index contributed by atoms with van der Waals surface area (Å²) >= 11 is 1.87. The van der Waals surface area contributed by atoms with Crippen LogP contribution in [0.5, 0.6) is 0 Å². The number of carbonyl (C=O) groups is 1. The Morgan fingerprint density at radius 3 is 2.68 bits per heavy atom. The third-order valence-electron chi connectivity index (χ3n) is 4.58. The molecule has 2 atom stereocenters. The highest BCUT2D eigenvalue weighted by atomic mass is 32.2. The molecule has 2 aliphatic rings. The second-order valence-corrected chi connectivity index (χ2v) is 7.48. The van der Waals surface area contributed by atoms with E-state index < -0.39 is 0 Å². The van der Waals surface area contributed by atoms with E-state index in [0.717, 1.165) is 19.0 Å². The zero-order chi connectivity index (χ0) is 13.7. The fourth-order valence-electron chi connectivity index (χ4n) is 3.21. The lowest BCUT2D eigenvalue weighted by atomic mass is 9.86. The molecule has 1 heterocycles. The van der Waals surface area contributed by atoms with Gasteiger partial charge >= 0.3 is 0 Å². The first kappa shape index (κ1) is 15.2. The van der Waals surface area contributed by atoms with E-state index in [2.05, 4.69) is 12.2 Å². The minimum Gasteiger partial charge on any atom is -0.342 e. The quantitative estimate of drug-likeness (QED) is 0.861. The maximum atomic E-state index is 12.3. The average molecular weight is 284 g/mol. The Morgan fingerprint density at radius 2 is 2.00 bits per heavy atom. The second kappa shape index (κ2) is 7.53. The number of thioether (sulfide) groups is 1. The lowest BCUT2D eigenvalue weighted by Crippen LogP contribution is -2.41. The highest BCUT2D eigenvalue weighted by Gasteiger charge is 2.25. The SMILES string of the molecule is CC1CCCC(N(C)C(=O)CSC2CCNCC2)C1. The van der Waals surface area contributed by atoms with Crippen LogP contribution in [0, 0.1) is 5.92 Å². The molecule has 3 nitrogen and oxygen atoms in total. The molecule has 2 fully saturated rings. The van der Waals surface area contributed by atoms with Crippen LogP contribution < -0.4 is 5.32 Å². The maximum Gasteiger partial charge on any atom is 0.232 e. The molecule has 19 heavy (non-hydrogen) atoms. The van der Waals surface area contributed by atoms with Crippen LogP contribution >= 0.6 is 11.8 Å². The van der Waals surface area contributed by atoms with Crippen molar-refractivity contribution < 1.29 is 4.79 Å². The van der Waals surface area contributed by atoms with Gasteiger partial charge in [-0.1, -0.05) is 19.8 Å². The normalized spacial score (nSPS) is 29.2. The molecule has 1 aliphatic heterocycles. The van der Waals surface area contributed by atoms with Gasteiger partial charge in [-0.2, -0.15) is 0 Å². The molecule has 2 rings (SSSR count). The van der Waals surface area contributed by atoms with E-state index in [1.807, 2.05) is 23.7 Å². The highest BCUT2D eigenvalue weighted by molar-refractivity contribution is 8.00. The van der Waals surface area contributed by atoms with Crippen LogP contribution in [0.4, 0.5) is 0 Å². The molecule has 1 aliphatic carbocycles. The van der Waals surface area contributed by atoms with Gasteiger partial charge in [0.15, 0.2) is 0 Å². The zero-order valence-corrected chi connectivity index (χ0v) is 13.2. The summed E-state index contributed by atoms with van der Waals surface area (Å²) in [5, 5.41) is 4.06. The molecule has 0 spiro atoms. The molecule has 0 radical (unpaired) electrons. The van der Waals surface area contributed by atoms with Gasteiger partial charge in [0.1, 0.15) is 0 Å². The lowest BCUT2D eigenvalue weighted by molar-refractivity contribution is -0.129. The van der Waals surface area contributed by atoms with E-state index in [-0.39, 0.29) is 0 Å². The number of hydrogen-bond acceptors (Lipinski definition) is 3. The number of nitrogens with zero attached hydrogens (tertiary/aromatic N) is 1. The summed E-state index contributed by atoms with van der Waals surface area (Å²) in [5.41, 5.74) is 0. The standard InChI is InChI=1S/C15H28N2OS/c1-12-4-3-5-13(10-12)17(2)15(18)11-19-14-6-8-16-9-7-14/h12-14,16H,3-11H2,1-2H3. The van der Waals surface area contributed by atoms with Crippen LogP contribution in [0.3, 0.4) is 0 Å². The van der Waals surface area contributed by atoms with Crippen LogP contribution in [0.1, 0.15) is 45.4 Å². The van der Waals surface area contributed by atoms with Crippen LogP contribution in [0.25, 0.3) is 0 Å². The average Bonchev–Trinajstić information content (AvgIpc) is 2.45. The Kier molecular flexibility index (Phi) is 6.02. The number of nitrogens with one attached hydrogen (secondary N) is 1. The molecule has 1 saturated carbocycles. The van der Waals surface area contributed by atoms with E-state index >= 15 is 0 Å². The Hall–Kier alpha value is -0.220. The van der Waals surface area contributed by atoms with Crippen LogP contribution in [-0.4, -0.2) is 48.0 Å². The van der Waals surface area contributed by atoms with Crippen molar-refractivity contribution >= 4 is 17.7 Å². The number of rotatable bonds is 4. The third kappa shape index (κ3) is 4.67. The van der Waals surface area contributed by atoms with Gasteiger partial charge in [-0.3, -0.25) is 4.79 Å². The van der Waals surface area contributed by atoms with Crippen molar-refractivity contribution in [2.75, 3.05) is 25.9 Å². The predicted molar refractivity (Wildman–Crippen MR) is 82.5 cm³/mol. The van der Waals surface area contributed by atoms with Crippen LogP contribution in [0.15, 0.2) is 0 Å². The first-order chi connectivity index (χ1) is 9.16. The largest absolute Gasteiger partial charge is 0.342 e. The molecular weight excluding hydrogens is 256 g/mol. The topological polar surface area (TPSA) is 32.3 Å². The fourth-order valence-corrected chi connectivity index (χ4v) is 4.36. The highest BCUT2D eigenvalue weighted by Crippen LogP contribution is 2.27. The molecule has 110 valence electrons. The van der Waals surface area contributed by atoms with Gasteiger partial charge in [-0.05, 0) is 44.7 Å². The Morgan fingerprint density at radius 1 is 1.26 bits per heavy atom. The number of hydrogen-bond donors (Lipinski definition) is 1. The molecule has 0 aromatic heterocycles. The van der Waals surface area contributed by atoms with Crippen LogP contribution in [-0.2, 0) is 4.79 Å². The van der Waals surface area contributed by atoms with E-state index in [4.69, 9.17) is 0 Å². The number of carbonyl (C=O) groups excluding carboxylic acids is 1. The van der Waals surface area contributed by atoms with Gasteiger partial charge in [0.25, 0.3) is 0 Å². The monoisotopic (exact) mass is 284 g/mol. The van der Waals surface area contributed by atoms with E-state index in [0.29, 0.717) is 23.0 Å². The van der Waals surface area contributed by atoms with Crippen molar-refractivity contribution in [1.82, 2.24) is 10.2 Å². The van der Waals surface area contributed by atoms with Crippen molar-refractivity contribution in [2.45, 2.75) is 56.7 Å². The van der Waals surface area contributed by atoms with Crippen LogP contribution in [0.2, 0.25) is 0 Å². The van der Waals surface area contributed by atoms with Crippen molar-refractivity contribution in [3.05, 3.63) is 0 Å². The van der Waals surface area contributed by atoms with Gasteiger partial charge in [0.05, 0.1) is 5.75 Å². The van der Waals surface area contributed by atoms with Gasteiger partial charge in [-0.25, -0.2) is 0 Å². The zero-order valence-electron chi connectivity index (χ0n) is 12.4.